The SMILES string of the molecule is O=C(CCCc1nc2ccccc2s1)Nc1ccc(Cl)cc1F. The van der Waals surface area contributed by atoms with Crippen LogP contribution in [-0.4, -0.2) is 10.9 Å². The predicted molar refractivity (Wildman–Crippen MR) is 92.6 cm³/mol. The summed E-state index contributed by atoms with van der Waals surface area (Å²) in [6.07, 6.45) is 1.72. The molecule has 0 fully saturated rings. The van der Waals surface area contributed by atoms with Crippen LogP contribution in [0.25, 0.3) is 10.2 Å². The highest BCUT2D eigenvalue weighted by Crippen LogP contribution is 2.23. The number of benzene rings is 2. The average molecular weight is 349 g/mol. The van der Waals surface area contributed by atoms with Crippen LogP contribution in [0.2, 0.25) is 5.02 Å². The van der Waals surface area contributed by atoms with Crippen LogP contribution in [0.5, 0.6) is 0 Å². The van der Waals surface area contributed by atoms with Gasteiger partial charge in [0.1, 0.15) is 5.82 Å². The maximum atomic E-state index is 13.6. The molecule has 1 heterocycles. The Bertz CT molecular complexity index is 816. The second kappa shape index (κ2) is 7.06. The molecule has 0 saturated carbocycles. The molecule has 0 bridgehead atoms. The first-order valence-corrected chi connectivity index (χ1v) is 8.40. The van der Waals surface area contributed by atoms with Gasteiger partial charge in [-0.1, -0.05) is 23.7 Å². The summed E-state index contributed by atoms with van der Waals surface area (Å²) in [5.74, 6) is -0.746. The number of aryl methyl sites for hydroxylation is 1. The van der Waals surface area contributed by atoms with E-state index in [0.717, 1.165) is 21.6 Å². The van der Waals surface area contributed by atoms with Crippen molar-refractivity contribution in [3.8, 4) is 0 Å². The van der Waals surface area contributed by atoms with Gasteiger partial charge in [0.15, 0.2) is 0 Å². The molecule has 0 saturated heterocycles. The van der Waals surface area contributed by atoms with Crippen molar-refractivity contribution < 1.29 is 9.18 Å². The number of carbonyl (C=O) groups is 1. The van der Waals surface area contributed by atoms with Crippen molar-refractivity contribution in [2.75, 3.05) is 5.32 Å². The van der Waals surface area contributed by atoms with E-state index in [9.17, 15) is 9.18 Å². The number of nitrogens with zero attached hydrogens (tertiary/aromatic N) is 1. The fourth-order valence-corrected chi connectivity index (χ4v) is 3.40. The quantitative estimate of drug-likeness (QED) is 0.701. The number of nitrogens with one attached hydrogen (secondary N) is 1. The highest BCUT2D eigenvalue weighted by Gasteiger charge is 2.09. The number of amides is 1. The summed E-state index contributed by atoms with van der Waals surface area (Å²) in [7, 11) is 0. The van der Waals surface area contributed by atoms with Gasteiger partial charge in [0.2, 0.25) is 5.91 Å². The highest BCUT2D eigenvalue weighted by molar-refractivity contribution is 7.18. The maximum absolute atomic E-state index is 13.6. The van der Waals surface area contributed by atoms with Crippen molar-refractivity contribution in [2.24, 2.45) is 0 Å². The molecular weight excluding hydrogens is 335 g/mol. The van der Waals surface area contributed by atoms with Gasteiger partial charge >= 0.3 is 0 Å². The van der Waals surface area contributed by atoms with Crippen LogP contribution in [-0.2, 0) is 11.2 Å². The molecule has 23 heavy (non-hydrogen) atoms. The minimum atomic E-state index is -0.531. The Hall–Kier alpha value is -1.98. The van der Waals surface area contributed by atoms with Gasteiger partial charge in [-0.05, 0) is 43.2 Å². The van der Waals surface area contributed by atoms with E-state index < -0.39 is 5.82 Å². The second-order valence-electron chi connectivity index (χ2n) is 5.10. The lowest BCUT2D eigenvalue weighted by molar-refractivity contribution is -0.116. The third kappa shape index (κ3) is 4.06. The van der Waals surface area contributed by atoms with Gasteiger partial charge in [-0.2, -0.15) is 0 Å². The number of halogens is 2. The summed E-state index contributed by atoms with van der Waals surface area (Å²) in [5, 5.41) is 3.87. The maximum Gasteiger partial charge on any atom is 0.224 e. The Morgan fingerprint density at radius 3 is 2.87 bits per heavy atom. The largest absolute Gasteiger partial charge is 0.324 e. The first kappa shape index (κ1) is 15.9. The summed E-state index contributed by atoms with van der Waals surface area (Å²) in [6.45, 7) is 0. The lowest BCUT2D eigenvalue weighted by Crippen LogP contribution is -2.12. The molecular formula is C17H14ClFN2OS. The Morgan fingerprint density at radius 2 is 2.09 bits per heavy atom. The van der Waals surface area contributed by atoms with E-state index in [1.807, 2.05) is 24.3 Å². The zero-order chi connectivity index (χ0) is 16.2. The molecule has 2 aromatic carbocycles. The van der Waals surface area contributed by atoms with Crippen LogP contribution in [0.1, 0.15) is 17.8 Å². The third-order valence-electron chi connectivity index (χ3n) is 3.34. The Balaban J connectivity index is 1.52. The van der Waals surface area contributed by atoms with Gasteiger partial charge in [-0.15, -0.1) is 11.3 Å². The van der Waals surface area contributed by atoms with Gasteiger partial charge in [0, 0.05) is 11.4 Å². The van der Waals surface area contributed by atoms with E-state index in [-0.39, 0.29) is 11.6 Å². The molecule has 0 aliphatic carbocycles. The first-order chi connectivity index (χ1) is 11.1. The van der Waals surface area contributed by atoms with Crippen molar-refractivity contribution in [2.45, 2.75) is 19.3 Å². The van der Waals surface area contributed by atoms with Gasteiger partial charge < -0.3 is 5.32 Å². The molecule has 0 unspecified atom stereocenters. The zero-order valence-electron chi connectivity index (χ0n) is 12.2. The van der Waals surface area contributed by atoms with Crippen LogP contribution in [0.15, 0.2) is 42.5 Å². The molecule has 1 N–H and O–H groups in total. The lowest BCUT2D eigenvalue weighted by atomic mass is 10.2. The normalized spacial score (nSPS) is 10.9. The van der Waals surface area contributed by atoms with Crippen molar-refractivity contribution in [3.63, 3.8) is 0 Å². The monoisotopic (exact) mass is 348 g/mol. The van der Waals surface area contributed by atoms with E-state index in [0.29, 0.717) is 17.9 Å². The summed E-state index contributed by atoms with van der Waals surface area (Å²) >= 11 is 7.32. The Morgan fingerprint density at radius 1 is 1.26 bits per heavy atom. The van der Waals surface area contributed by atoms with E-state index in [2.05, 4.69) is 10.3 Å². The van der Waals surface area contributed by atoms with Gasteiger partial charge in [-0.3, -0.25) is 4.79 Å². The highest BCUT2D eigenvalue weighted by atomic mass is 35.5. The number of hydrogen-bond acceptors (Lipinski definition) is 3. The minimum absolute atomic E-state index is 0.152. The molecule has 0 atom stereocenters. The number of aromatic nitrogens is 1. The van der Waals surface area contributed by atoms with Crippen LogP contribution < -0.4 is 5.32 Å². The standard InChI is InChI=1S/C17H14ClFN2OS/c18-11-8-9-13(12(19)10-11)20-16(22)6-3-7-17-21-14-4-1-2-5-15(14)23-17/h1-2,4-5,8-10H,3,6-7H2,(H,20,22). The molecule has 118 valence electrons. The van der Waals surface area contributed by atoms with Crippen LogP contribution >= 0.6 is 22.9 Å². The van der Waals surface area contributed by atoms with Crippen LogP contribution in [0.4, 0.5) is 10.1 Å². The number of rotatable bonds is 5. The van der Waals surface area contributed by atoms with Crippen molar-refractivity contribution in [3.05, 3.63) is 58.3 Å². The van der Waals surface area contributed by atoms with Crippen molar-refractivity contribution >= 4 is 44.7 Å². The van der Waals surface area contributed by atoms with E-state index >= 15 is 0 Å². The molecule has 3 nitrogen and oxygen atoms in total. The van der Waals surface area contributed by atoms with Gasteiger partial charge in [0.25, 0.3) is 0 Å². The molecule has 0 spiro atoms. The zero-order valence-corrected chi connectivity index (χ0v) is 13.8. The molecule has 0 aliphatic rings. The number of para-hydroxylation sites is 1. The van der Waals surface area contributed by atoms with Crippen LogP contribution in [0.3, 0.4) is 0 Å². The fourth-order valence-electron chi connectivity index (χ4n) is 2.23. The van der Waals surface area contributed by atoms with E-state index in [1.165, 1.54) is 12.1 Å². The molecule has 1 aromatic heterocycles. The summed E-state index contributed by atoms with van der Waals surface area (Å²) < 4.78 is 14.8. The number of hydrogen-bond donors (Lipinski definition) is 1. The lowest BCUT2D eigenvalue weighted by Gasteiger charge is -2.06. The molecule has 3 rings (SSSR count). The number of fused-ring (bicyclic) bond motifs is 1. The van der Waals surface area contributed by atoms with E-state index in [1.54, 1.807) is 17.4 Å². The van der Waals surface area contributed by atoms with Crippen molar-refractivity contribution in [1.82, 2.24) is 4.98 Å². The number of thiazole rings is 1. The number of carbonyl (C=O) groups excluding carboxylic acids is 1. The fraction of sp³-hybridized carbons (Fsp3) is 0.176. The summed E-state index contributed by atoms with van der Waals surface area (Å²) in [5.41, 5.74) is 1.14. The van der Waals surface area contributed by atoms with Gasteiger partial charge in [0.05, 0.1) is 20.9 Å². The topological polar surface area (TPSA) is 42.0 Å². The molecule has 3 aromatic rings. The summed E-state index contributed by atoms with van der Waals surface area (Å²) in [4.78, 5) is 16.4. The number of anilines is 1. The van der Waals surface area contributed by atoms with Crippen LogP contribution in [0, 0.1) is 5.82 Å². The predicted octanol–water partition coefficient (Wildman–Crippen LogP) is 5.05. The minimum Gasteiger partial charge on any atom is -0.324 e. The first-order valence-electron chi connectivity index (χ1n) is 7.21. The smallest absolute Gasteiger partial charge is 0.224 e. The average Bonchev–Trinajstić information content (AvgIpc) is 2.93. The molecule has 6 heteroatoms. The van der Waals surface area contributed by atoms with Gasteiger partial charge in [-0.25, -0.2) is 9.37 Å². The Kier molecular flexibility index (Phi) is 4.88. The Labute approximate surface area is 142 Å². The van der Waals surface area contributed by atoms with E-state index in [4.69, 9.17) is 11.6 Å². The summed E-state index contributed by atoms with van der Waals surface area (Å²) in [6, 6.07) is 12.1. The van der Waals surface area contributed by atoms with Crippen molar-refractivity contribution in [1.29, 1.82) is 0 Å². The molecule has 0 aliphatic heterocycles. The second-order valence-corrected chi connectivity index (χ2v) is 6.65. The molecule has 0 radical (unpaired) electrons. The molecule has 1 amide bonds. The third-order valence-corrected chi connectivity index (χ3v) is 4.67.